The lowest BCUT2D eigenvalue weighted by molar-refractivity contribution is 0.247. The van der Waals surface area contributed by atoms with Crippen LogP contribution in [0, 0.1) is 0 Å². The summed E-state index contributed by atoms with van der Waals surface area (Å²) in [5.74, 6) is 1.01. The van der Waals surface area contributed by atoms with Crippen molar-refractivity contribution in [2.45, 2.75) is 50.6 Å². The molecule has 0 unspecified atom stereocenters. The monoisotopic (exact) mass is 342 g/mol. The molecule has 1 saturated heterocycles. The fourth-order valence-corrected chi connectivity index (χ4v) is 4.54. The lowest BCUT2D eigenvalue weighted by atomic mass is 10.0. The van der Waals surface area contributed by atoms with Crippen LogP contribution in [0.4, 0.5) is 0 Å². The van der Waals surface area contributed by atoms with Gasteiger partial charge >= 0.3 is 0 Å². The molecule has 0 radical (unpaired) electrons. The fourth-order valence-electron chi connectivity index (χ4n) is 2.87. The first-order chi connectivity index (χ1) is 10.9. The summed E-state index contributed by atoms with van der Waals surface area (Å²) in [5, 5.41) is 0. The van der Waals surface area contributed by atoms with E-state index in [9.17, 15) is 8.42 Å². The predicted octanol–water partition coefficient (Wildman–Crippen LogP) is 1.98. The Bertz CT molecular complexity index is 633. The maximum absolute atomic E-state index is 12.9. The minimum Gasteiger partial charge on any atom is -0.490 e. The number of hydrogen-bond acceptors (Lipinski definition) is 5. The molecule has 1 aromatic rings. The summed E-state index contributed by atoms with van der Waals surface area (Å²) in [6.45, 7) is 7.01. The van der Waals surface area contributed by atoms with Crippen molar-refractivity contribution in [2.24, 2.45) is 5.73 Å². The molecule has 130 valence electrons. The second kappa shape index (κ2) is 7.51. The number of sulfonamides is 1. The van der Waals surface area contributed by atoms with Gasteiger partial charge in [0.2, 0.25) is 10.0 Å². The van der Waals surface area contributed by atoms with Gasteiger partial charge in [0.25, 0.3) is 0 Å². The first kappa shape index (κ1) is 18.0. The Hall–Kier alpha value is -1.31. The molecule has 1 aliphatic rings. The first-order valence-electron chi connectivity index (χ1n) is 8.07. The highest BCUT2D eigenvalue weighted by Gasteiger charge is 2.33. The Kier molecular flexibility index (Phi) is 5.89. The Morgan fingerprint density at radius 2 is 1.87 bits per heavy atom. The largest absolute Gasteiger partial charge is 0.490 e. The molecule has 2 rings (SSSR count). The molecule has 2 N–H and O–H groups in total. The van der Waals surface area contributed by atoms with Crippen LogP contribution in [-0.4, -0.2) is 44.6 Å². The van der Waals surface area contributed by atoms with E-state index in [4.69, 9.17) is 15.2 Å². The summed E-state index contributed by atoms with van der Waals surface area (Å²) < 4.78 is 38.4. The maximum Gasteiger partial charge on any atom is 0.243 e. The van der Waals surface area contributed by atoms with Gasteiger partial charge < -0.3 is 15.2 Å². The highest BCUT2D eigenvalue weighted by molar-refractivity contribution is 7.89. The average Bonchev–Trinajstić information content (AvgIpc) is 2.49. The SMILES string of the molecule is CCOc1ccc(S(=O)(=O)N2CC[C@@H](N)C[C@@H]2C)cc1OCC. The number of nitrogens with two attached hydrogens (primary N) is 1. The molecule has 2 atom stereocenters. The van der Waals surface area contributed by atoms with E-state index in [-0.39, 0.29) is 17.0 Å². The molecule has 0 amide bonds. The standard InChI is InChI=1S/C16H26N2O4S/c1-4-21-15-7-6-14(11-16(15)22-5-2)23(19,20)18-9-8-13(17)10-12(18)3/h6-7,11-13H,4-5,8-10,17H2,1-3H3/t12-,13+/m0/s1. The third-order valence-electron chi connectivity index (χ3n) is 3.98. The zero-order valence-corrected chi connectivity index (χ0v) is 14.8. The van der Waals surface area contributed by atoms with Gasteiger partial charge in [0.1, 0.15) is 0 Å². The van der Waals surface area contributed by atoms with Crippen LogP contribution in [0.1, 0.15) is 33.6 Å². The molecule has 0 saturated carbocycles. The lowest BCUT2D eigenvalue weighted by Crippen LogP contribution is -2.48. The Labute approximate surface area is 138 Å². The van der Waals surface area contributed by atoms with Gasteiger partial charge in [-0.25, -0.2) is 8.42 Å². The van der Waals surface area contributed by atoms with Crippen LogP contribution < -0.4 is 15.2 Å². The van der Waals surface area contributed by atoms with Crippen molar-refractivity contribution in [2.75, 3.05) is 19.8 Å². The number of hydrogen-bond donors (Lipinski definition) is 1. The van der Waals surface area contributed by atoms with Gasteiger partial charge in [0, 0.05) is 24.7 Å². The molecule has 6 nitrogen and oxygen atoms in total. The van der Waals surface area contributed by atoms with E-state index < -0.39 is 10.0 Å². The second-order valence-electron chi connectivity index (χ2n) is 5.72. The normalized spacial score (nSPS) is 22.8. The van der Waals surface area contributed by atoms with Gasteiger partial charge in [-0.2, -0.15) is 4.31 Å². The van der Waals surface area contributed by atoms with E-state index in [1.807, 2.05) is 20.8 Å². The van der Waals surface area contributed by atoms with Crippen LogP contribution in [0.25, 0.3) is 0 Å². The summed E-state index contributed by atoms with van der Waals surface area (Å²) in [7, 11) is -3.56. The molecule has 1 aromatic carbocycles. The zero-order valence-electron chi connectivity index (χ0n) is 14.0. The summed E-state index contributed by atoms with van der Waals surface area (Å²) in [5.41, 5.74) is 5.93. The molecule has 1 aliphatic heterocycles. The Morgan fingerprint density at radius 3 is 2.48 bits per heavy atom. The van der Waals surface area contributed by atoms with Crippen molar-refractivity contribution >= 4 is 10.0 Å². The van der Waals surface area contributed by atoms with E-state index in [1.165, 1.54) is 4.31 Å². The fraction of sp³-hybridized carbons (Fsp3) is 0.625. The number of rotatable bonds is 6. The van der Waals surface area contributed by atoms with E-state index in [2.05, 4.69) is 0 Å². The molecule has 23 heavy (non-hydrogen) atoms. The minimum atomic E-state index is -3.56. The molecule has 0 spiro atoms. The topological polar surface area (TPSA) is 81.9 Å². The van der Waals surface area contributed by atoms with E-state index in [0.717, 1.165) is 0 Å². The second-order valence-corrected chi connectivity index (χ2v) is 7.61. The van der Waals surface area contributed by atoms with Crippen molar-refractivity contribution in [3.63, 3.8) is 0 Å². The van der Waals surface area contributed by atoms with Crippen molar-refractivity contribution < 1.29 is 17.9 Å². The molecule has 0 aliphatic carbocycles. The summed E-state index contributed by atoms with van der Waals surface area (Å²) in [6, 6.07) is 4.73. The summed E-state index contributed by atoms with van der Waals surface area (Å²) in [4.78, 5) is 0.228. The molecule has 0 aromatic heterocycles. The molecular weight excluding hydrogens is 316 g/mol. The molecule has 7 heteroatoms. The Balaban J connectivity index is 2.34. The van der Waals surface area contributed by atoms with Crippen molar-refractivity contribution in [3.8, 4) is 11.5 Å². The Morgan fingerprint density at radius 1 is 1.22 bits per heavy atom. The van der Waals surface area contributed by atoms with Crippen LogP contribution in [-0.2, 0) is 10.0 Å². The van der Waals surface area contributed by atoms with Crippen LogP contribution in [0.15, 0.2) is 23.1 Å². The number of piperidine rings is 1. The highest BCUT2D eigenvalue weighted by Crippen LogP contribution is 2.33. The first-order valence-corrected chi connectivity index (χ1v) is 9.51. The smallest absolute Gasteiger partial charge is 0.243 e. The molecular formula is C16H26N2O4S. The van der Waals surface area contributed by atoms with Gasteiger partial charge in [-0.1, -0.05) is 0 Å². The zero-order chi connectivity index (χ0) is 17.0. The van der Waals surface area contributed by atoms with Crippen LogP contribution in [0.3, 0.4) is 0 Å². The van der Waals surface area contributed by atoms with E-state index >= 15 is 0 Å². The third kappa shape index (κ3) is 3.97. The van der Waals surface area contributed by atoms with Crippen molar-refractivity contribution in [3.05, 3.63) is 18.2 Å². The number of ether oxygens (including phenoxy) is 2. The molecule has 1 fully saturated rings. The van der Waals surface area contributed by atoms with Gasteiger partial charge in [0.15, 0.2) is 11.5 Å². The average molecular weight is 342 g/mol. The van der Waals surface area contributed by atoms with Crippen molar-refractivity contribution in [1.82, 2.24) is 4.31 Å². The predicted molar refractivity (Wildman–Crippen MR) is 89.3 cm³/mol. The van der Waals surface area contributed by atoms with Gasteiger partial charge in [0.05, 0.1) is 18.1 Å². The number of nitrogens with zero attached hydrogens (tertiary/aromatic N) is 1. The summed E-state index contributed by atoms with van der Waals surface area (Å²) >= 11 is 0. The number of benzene rings is 1. The van der Waals surface area contributed by atoms with Crippen LogP contribution in [0.2, 0.25) is 0 Å². The molecule has 1 heterocycles. The van der Waals surface area contributed by atoms with Gasteiger partial charge in [-0.15, -0.1) is 0 Å². The van der Waals surface area contributed by atoms with E-state index in [1.54, 1.807) is 18.2 Å². The molecule has 0 bridgehead atoms. The quantitative estimate of drug-likeness (QED) is 0.855. The maximum atomic E-state index is 12.9. The summed E-state index contributed by atoms with van der Waals surface area (Å²) in [6.07, 6.45) is 1.35. The van der Waals surface area contributed by atoms with Crippen LogP contribution >= 0.6 is 0 Å². The minimum absolute atomic E-state index is 0.0655. The van der Waals surface area contributed by atoms with Gasteiger partial charge in [-0.3, -0.25) is 0 Å². The highest BCUT2D eigenvalue weighted by atomic mass is 32.2. The third-order valence-corrected chi connectivity index (χ3v) is 5.99. The van der Waals surface area contributed by atoms with Crippen LogP contribution in [0.5, 0.6) is 11.5 Å². The lowest BCUT2D eigenvalue weighted by Gasteiger charge is -2.35. The van der Waals surface area contributed by atoms with E-state index in [0.29, 0.717) is 44.1 Å². The van der Waals surface area contributed by atoms with Crippen molar-refractivity contribution in [1.29, 1.82) is 0 Å². The van der Waals surface area contributed by atoms with Gasteiger partial charge in [-0.05, 0) is 45.7 Å².